The van der Waals surface area contributed by atoms with Gasteiger partial charge in [-0.3, -0.25) is 4.79 Å². The molecule has 0 radical (unpaired) electrons. The number of imidazole rings is 1. The Bertz CT molecular complexity index is 641. The molecule has 22 heavy (non-hydrogen) atoms. The monoisotopic (exact) mass is 299 g/mol. The van der Waals surface area contributed by atoms with Crippen LogP contribution in [0.3, 0.4) is 0 Å². The van der Waals surface area contributed by atoms with E-state index in [4.69, 9.17) is 0 Å². The molecule has 118 valence electrons. The number of rotatable bonds is 6. The molecule has 0 aliphatic heterocycles. The summed E-state index contributed by atoms with van der Waals surface area (Å²) < 4.78 is 0. The molecular weight excluding hydrogens is 274 g/mol. The molecule has 1 heterocycles. The van der Waals surface area contributed by atoms with Crippen molar-refractivity contribution in [1.82, 2.24) is 15.3 Å². The van der Waals surface area contributed by atoms with Crippen LogP contribution in [0.25, 0.3) is 11.0 Å². The molecule has 1 saturated carbocycles. The summed E-state index contributed by atoms with van der Waals surface area (Å²) in [7, 11) is 0. The Labute approximate surface area is 131 Å². The SMILES string of the molecule is CCCc1nc2ccc(CCC(=O)NC3CCCC3)cc2[nH]1. The van der Waals surface area contributed by atoms with Gasteiger partial charge in [-0.15, -0.1) is 0 Å². The summed E-state index contributed by atoms with van der Waals surface area (Å²) in [5.41, 5.74) is 3.29. The van der Waals surface area contributed by atoms with E-state index in [9.17, 15) is 4.79 Å². The Kier molecular flexibility index (Phi) is 4.76. The van der Waals surface area contributed by atoms with E-state index in [0.29, 0.717) is 12.5 Å². The zero-order valence-corrected chi connectivity index (χ0v) is 13.3. The number of aromatic nitrogens is 2. The van der Waals surface area contributed by atoms with Crippen molar-refractivity contribution < 1.29 is 4.79 Å². The van der Waals surface area contributed by atoms with Crippen molar-refractivity contribution in [3.63, 3.8) is 0 Å². The van der Waals surface area contributed by atoms with E-state index in [1.807, 2.05) is 0 Å². The fourth-order valence-electron chi connectivity index (χ4n) is 3.25. The van der Waals surface area contributed by atoms with E-state index in [1.165, 1.54) is 18.4 Å². The van der Waals surface area contributed by atoms with Crippen molar-refractivity contribution in [3.8, 4) is 0 Å². The third-order valence-electron chi connectivity index (χ3n) is 4.44. The standard InChI is InChI=1S/C18H25N3O/c1-2-5-17-20-15-10-8-13(12-16(15)21-17)9-11-18(22)19-14-6-3-4-7-14/h8,10,12,14H,2-7,9,11H2,1H3,(H,19,22)(H,20,21). The first-order valence-corrected chi connectivity index (χ1v) is 8.51. The molecule has 1 aromatic carbocycles. The first-order chi connectivity index (χ1) is 10.7. The number of nitrogens with one attached hydrogen (secondary N) is 2. The number of fused-ring (bicyclic) bond motifs is 1. The minimum absolute atomic E-state index is 0.184. The number of H-pyrrole nitrogens is 1. The lowest BCUT2D eigenvalue weighted by Gasteiger charge is -2.11. The number of hydrogen-bond donors (Lipinski definition) is 2. The fourth-order valence-corrected chi connectivity index (χ4v) is 3.25. The van der Waals surface area contributed by atoms with Gasteiger partial charge < -0.3 is 10.3 Å². The molecule has 0 saturated heterocycles. The number of amides is 1. The van der Waals surface area contributed by atoms with E-state index in [2.05, 4.69) is 40.4 Å². The summed E-state index contributed by atoms with van der Waals surface area (Å²) in [6.07, 6.45) is 8.22. The van der Waals surface area contributed by atoms with Gasteiger partial charge in [-0.1, -0.05) is 25.8 Å². The number of nitrogens with zero attached hydrogens (tertiary/aromatic N) is 1. The molecule has 2 aromatic rings. The minimum Gasteiger partial charge on any atom is -0.353 e. The molecule has 1 fully saturated rings. The number of carbonyl (C=O) groups excluding carboxylic acids is 1. The zero-order chi connectivity index (χ0) is 15.4. The smallest absolute Gasteiger partial charge is 0.220 e. The van der Waals surface area contributed by atoms with Gasteiger partial charge in [-0.05, 0) is 43.4 Å². The van der Waals surface area contributed by atoms with Crippen LogP contribution < -0.4 is 5.32 Å². The second kappa shape index (κ2) is 6.95. The number of aryl methyl sites for hydroxylation is 2. The van der Waals surface area contributed by atoms with Crippen LogP contribution in [0.4, 0.5) is 0 Å². The van der Waals surface area contributed by atoms with Crippen LogP contribution in [-0.2, 0) is 17.6 Å². The van der Waals surface area contributed by atoms with Gasteiger partial charge in [-0.2, -0.15) is 0 Å². The molecule has 3 rings (SSSR count). The van der Waals surface area contributed by atoms with Crippen LogP contribution in [0.2, 0.25) is 0 Å². The van der Waals surface area contributed by atoms with Gasteiger partial charge in [0.2, 0.25) is 5.91 Å². The minimum atomic E-state index is 0.184. The van der Waals surface area contributed by atoms with Gasteiger partial charge in [0.15, 0.2) is 0 Å². The lowest BCUT2D eigenvalue weighted by atomic mass is 10.1. The highest BCUT2D eigenvalue weighted by molar-refractivity contribution is 5.78. The van der Waals surface area contributed by atoms with Gasteiger partial charge in [0.05, 0.1) is 11.0 Å². The molecule has 0 atom stereocenters. The first kappa shape index (κ1) is 15.1. The van der Waals surface area contributed by atoms with E-state index in [-0.39, 0.29) is 5.91 Å². The van der Waals surface area contributed by atoms with Gasteiger partial charge in [0.1, 0.15) is 5.82 Å². The summed E-state index contributed by atoms with van der Waals surface area (Å²) in [5, 5.41) is 3.15. The maximum Gasteiger partial charge on any atom is 0.220 e. The summed E-state index contributed by atoms with van der Waals surface area (Å²) in [4.78, 5) is 19.9. The van der Waals surface area contributed by atoms with Crippen molar-refractivity contribution in [3.05, 3.63) is 29.6 Å². The summed E-state index contributed by atoms with van der Waals surface area (Å²) in [6.45, 7) is 2.15. The molecular formula is C18H25N3O. The van der Waals surface area contributed by atoms with Crippen LogP contribution in [0, 0.1) is 0 Å². The maximum absolute atomic E-state index is 12.0. The number of carbonyl (C=O) groups is 1. The third-order valence-corrected chi connectivity index (χ3v) is 4.44. The zero-order valence-electron chi connectivity index (χ0n) is 13.3. The lowest BCUT2D eigenvalue weighted by molar-refractivity contribution is -0.121. The molecule has 1 amide bonds. The average molecular weight is 299 g/mol. The number of aromatic amines is 1. The second-order valence-electron chi connectivity index (χ2n) is 6.33. The molecule has 0 spiro atoms. The van der Waals surface area contributed by atoms with E-state index in [1.54, 1.807) is 0 Å². The van der Waals surface area contributed by atoms with Gasteiger partial charge in [-0.25, -0.2) is 4.98 Å². The van der Waals surface area contributed by atoms with Gasteiger partial charge in [0, 0.05) is 18.9 Å². The Morgan fingerprint density at radius 1 is 1.32 bits per heavy atom. The van der Waals surface area contributed by atoms with Crippen molar-refractivity contribution in [2.45, 2.75) is 64.3 Å². The van der Waals surface area contributed by atoms with Crippen molar-refractivity contribution in [2.24, 2.45) is 0 Å². The van der Waals surface area contributed by atoms with Crippen molar-refractivity contribution >= 4 is 16.9 Å². The summed E-state index contributed by atoms with van der Waals surface area (Å²) >= 11 is 0. The normalized spacial score (nSPS) is 15.5. The largest absolute Gasteiger partial charge is 0.353 e. The molecule has 1 aliphatic carbocycles. The quantitative estimate of drug-likeness (QED) is 0.857. The molecule has 4 heteroatoms. The lowest BCUT2D eigenvalue weighted by Crippen LogP contribution is -2.32. The van der Waals surface area contributed by atoms with Crippen LogP contribution in [0.15, 0.2) is 18.2 Å². The van der Waals surface area contributed by atoms with Gasteiger partial charge >= 0.3 is 0 Å². The molecule has 0 bridgehead atoms. The highest BCUT2D eigenvalue weighted by Gasteiger charge is 2.16. The van der Waals surface area contributed by atoms with Crippen LogP contribution >= 0.6 is 0 Å². The van der Waals surface area contributed by atoms with Crippen LogP contribution in [-0.4, -0.2) is 21.9 Å². The molecule has 0 unspecified atom stereocenters. The summed E-state index contributed by atoms with van der Waals surface area (Å²) in [5.74, 6) is 1.23. The molecule has 1 aromatic heterocycles. The molecule has 2 N–H and O–H groups in total. The Morgan fingerprint density at radius 3 is 2.91 bits per heavy atom. The highest BCUT2D eigenvalue weighted by Crippen LogP contribution is 2.18. The van der Waals surface area contributed by atoms with Crippen LogP contribution in [0.1, 0.15) is 56.8 Å². The number of hydrogen-bond acceptors (Lipinski definition) is 2. The Morgan fingerprint density at radius 2 is 2.14 bits per heavy atom. The predicted molar refractivity (Wildman–Crippen MR) is 88.8 cm³/mol. The third kappa shape index (κ3) is 3.67. The average Bonchev–Trinajstić information content (AvgIpc) is 3.14. The maximum atomic E-state index is 12.0. The van der Waals surface area contributed by atoms with Crippen molar-refractivity contribution in [2.75, 3.05) is 0 Å². The number of benzene rings is 1. The predicted octanol–water partition coefficient (Wildman–Crippen LogP) is 3.51. The molecule has 4 nitrogen and oxygen atoms in total. The Balaban J connectivity index is 1.57. The summed E-state index contributed by atoms with van der Waals surface area (Å²) in [6, 6.07) is 6.68. The van der Waals surface area contributed by atoms with E-state index in [0.717, 1.165) is 49.0 Å². The molecule has 1 aliphatic rings. The van der Waals surface area contributed by atoms with E-state index < -0.39 is 0 Å². The highest BCUT2D eigenvalue weighted by atomic mass is 16.1. The Hall–Kier alpha value is -1.84. The van der Waals surface area contributed by atoms with Gasteiger partial charge in [0.25, 0.3) is 0 Å². The first-order valence-electron chi connectivity index (χ1n) is 8.51. The fraction of sp³-hybridized carbons (Fsp3) is 0.556. The van der Waals surface area contributed by atoms with Crippen LogP contribution in [0.5, 0.6) is 0 Å². The second-order valence-corrected chi connectivity index (χ2v) is 6.33. The van der Waals surface area contributed by atoms with E-state index >= 15 is 0 Å². The van der Waals surface area contributed by atoms with Crippen molar-refractivity contribution in [1.29, 1.82) is 0 Å². The topological polar surface area (TPSA) is 57.8 Å².